The molecule has 0 unspecified atom stereocenters. The van der Waals surface area contributed by atoms with E-state index in [1.54, 1.807) is 26.0 Å². The monoisotopic (exact) mass is 532 g/mol. The van der Waals surface area contributed by atoms with Gasteiger partial charge >= 0.3 is 0 Å². The van der Waals surface area contributed by atoms with Crippen LogP contribution in [-0.4, -0.2) is 37.1 Å². The third-order valence-corrected chi connectivity index (χ3v) is 11.0. The van der Waals surface area contributed by atoms with Crippen molar-refractivity contribution in [2.45, 2.75) is 87.4 Å². The maximum absolute atomic E-state index is 13.5. The number of nitrogens with one attached hydrogen (secondary N) is 1. The molecule has 6 heteroatoms. The summed E-state index contributed by atoms with van der Waals surface area (Å²) in [7, 11) is -3.61. The van der Waals surface area contributed by atoms with Gasteiger partial charge in [-0.2, -0.15) is 0 Å². The van der Waals surface area contributed by atoms with Crippen molar-refractivity contribution in [3.8, 4) is 0 Å². The Kier molecular flexibility index (Phi) is 7.92. The topological polar surface area (TPSA) is 66.5 Å². The van der Waals surface area contributed by atoms with Crippen LogP contribution in [0.4, 0.5) is 0 Å². The van der Waals surface area contributed by atoms with Gasteiger partial charge in [-0.3, -0.25) is 9.69 Å². The highest BCUT2D eigenvalue weighted by molar-refractivity contribution is 7.92. The molecule has 38 heavy (non-hydrogen) atoms. The first-order valence-electron chi connectivity index (χ1n) is 14.1. The molecule has 1 amide bonds. The Bertz CT molecular complexity index is 1410. The lowest BCUT2D eigenvalue weighted by molar-refractivity contribution is -0.122. The number of hydrogen-bond donors (Lipinski definition) is 1. The van der Waals surface area contributed by atoms with Crippen LogP contribution < -0.4 is 5.32 Å². The number of carbonyl (C=O) groups excluding carboxylic acids is 1. The molecule has 1 atom stereocenters. The molecule has 1 aliphatic carbocycles. The normalized spacial score (nSPS) is 18.7. The predicted molar refractivity (Wildman–Crippen MR) is 154 cm³/mol. The fourth-order valence-corrected chi connectivity index (χ4v) is 7.50. The molecule has 202 valence electrons. The fourth-order valence-electron chi connectivity index (χ4n) is 5.96. The predicted octanol–water partition coefficient (Wildman–Crippen LogP) is 6.35. The van der Waals surface area contributed by atoms with E-state index >= 15 is 0 Å². The number of hydrogen-bond acceptors (Lipinski definition) is 4. The Morgan fingerprint density at radius 3 is 2.50 bits per heavy atom. The quantitative estimate of drug-likeness (QED) is 0.367. The van der Waals surface area contributed by atoms with Gasteiger partial charge in [-0.25, -0.2) is 8.42 Å². The molecule has 3 aromatic rings. The summed E-state index contributed by atoms with van der Waals surface area (Å²) < 4.78 is 26.0. The Morgan fingerprint density at radius 2 is 1.71 bits per heavy atom. The maximum Gasteiger partial charge on any atom is 0.220 e. The molecule has 1 N–H and O–H groups in total. The number of carbonyl (C=O) groups is 1. The SMILES string of the molecule is CC(C)(CCC(=O)N[C@@H]1CCCc2cc(CN3CCCCC3)ccc21)S(=O)(=O)c1ccc2ccccc2c1. The van der Waals surface area contributed by atoms with Crippen LogP contribution in [0.1, 0.15) is 81.5 Å². The van der Waals surface area contributed by atoms with E-state index in [2.05, 4.69) is 28.4 Å². The molecule has 1 aliphatic heterocycles. The second-order valence-corrected chi connectivity index (χ2v) is 14.2. The van der Waals surface area contributed by atoms with Crippen LogP contribution in [0.2, 0.25) is 0 Å². The summed E-state index contributed by atoms with van der Waals surface area (Å²) in [5.41, 5.74) is 3.92. The zero-order valence-corrected chi connectivity index (χ0v) is 23.5. The largest absolute Gasteiger partial charge is 0.349 e. The smallest absolute Gasteiger partial charge is 0.220 e. The zero-order valence-electron chi connectivity index (χ0n) is 22.7. The number of nitrogens with zero attached hydrogens (tertiary/aromatic N) is 1. The minimum Gasteiger partial charge on any atom is -0.349 e. The number of fused-ring (bicyclic) bond motifs is 2. The fraction of sp³-hybridized carbons (Fsp3) is 0.469. The summed E-state index contributed by atoms with van der Waals surface area (Å²) in [5, 5.41) is 5.13. The molecule has 1 fully saturated rings. The molecule has 1 saturated heterocycles. The minimum absolute atomic E-state index is 0.00417. The van der Waals surface area contributed by atoms with Crippen LogP contribution in [0.3, 0.4) is 0 Å². The average Bonchev–Trinajstić information content (AvgIpc) is 2.92. The van der Waals surface area contributed by atoms with E-state index in [9.17, 15) is 13.2 Å². The van der Waals surface area contributed by atoms with Gasteiger partial charge in [0.05, 0.1) is 15.7 Å². The Hall–Kier alpha value is -2.70. The highest BCUT2D eigenvalue weighted by Gasteiger charge is 2.36. The molecule has 2 aliphatic rings. The van der Waals surface area contributed by atoms with Crippen LogP contribution in [0.5, 0.6) is 0 Å². The number of piperidine rings is 1. The van der Waals surface area contributed by atoms with Crippen LogP contribution in [0.15, 0.2) is 65.6 Å². The van der Waals surface area contributed by atoms with Gasteiger partial charge < -0.3 is 5.32 Å². The number of likely N-dealkylation sites (tertiary alicyclic amines) is 1. The van der Waals surface area contributed by atoms with Crippen molar-refractivity contribution in [2.75, 3.05) is 13.1 Å². The molecule has 0 aromatic heterocycles. The Morgan fingerprint density at radius 1 is 0.947 bits per heavy atom. The molecule has 1 heterocycles. The molecular formula is C32H40N2O3S. The summed E-state index contributed by atoms with van der Waals surface area (Å²) in [6, 6.07) is 19.8. The highest BCUT2D eigenvalue weighted by Crippen LogP contribution is 2.33. The van der Waals surface area contributed by atoms with E-state index in [0.29, 0.717) is 4.90 Å². The second kappa shape index (κ2) is 11.2. The molecule has 5 nitrogen and oxygen atoms in total. The van der Waals surface area contributed by atoms with E-state index in [0.717, 1.165) is 36.6 Å². The molecule has 0 saturated carbocycles. The van der Waals surface area contributed by atoms with Gasteiger partial charge in [-0.05, 0) is 105 Å². The summed E-state index contributed by atoms with van der Waals surface area (Å²) in [6.45, 7) is 6.83. The first-order valence-corrected chi connectivity index (χ1v) is 15.6. The lowest BCUT2D eigenvalue weighted by atomic mass is 9.86. The number of sulfone groups is 1. The summed E-state index contributed by atoms with van der Waals surface area (Å²) in [6.07, 6.45) is 7.39. The number of rotatable bonds is 8. The molecular weight excluding hydrogens is 492 g/mol. The van der Waals surface area contributed by atoms with E-state index < -0.39 is 14.6 Å². The number of benzene rings is 3. The highest BCUT2D eigenvalue weighted by atomic mass is 32.2. The third kappa shape index (κ3) is 5.81. The van der Waals surface area contributed by atoms with Crippen molar-refractivity contribution in [3.63, 3.8) is 0 Å². The standard InChI is InChI=1S/C32H40N2O3S/c1-32(2,38(36,37)28-15-14-25-9-4-5-10-26(25)22-28)18-17-31(35)33-30-12-8-11-27-21-24(13-16-29(27)30)23-34-19-6-3-7-20-34/h4-5,9-10,13-16,21-22,30H,3,6-8,11-12,17-20,23H2,1-2H3,(H,33,35)/t30-/m1/s1. The lowest BCUT2D eigenvalue weighted by Crippen LogP contribution is -2.36. The van der Waals surface area contributed by atoms with Crippen molar-refractivity contribution in [1.29, 1.82) is 0 Å². The van der Waals surface area contributed by atoms with Gasteiger partial charge in [0, 0.05) is 13.0 Å². The van der Waals surface area contributed by atoms with Gasteiger partial charge in [0.15, 0.2) is 9.84 Å². The van der Waals surface area contributed by atoms with Gasteiger partial charge in [0.25, 0.3) is 0 Å². The van der Waals surface area contributed by atoms with Crippen LogP contribution in [-0.2, 0) is 27.6 Å². The van der Waals surface area contributed by atoms with Crippen LogP contribution in [0, 0.1) is 0 Å². The summed E-state index contributed by atoms with van der Waals surface area (Å²) in [5.74, 6) is -0.0815. The zero-order chi connectivity index (χ0) is 26.8. The van der Waals surface area contributed by atoms with E-state index in [-0.39, 0.29) is 24.8 Å². The molecule has 0 bridgehead atoms. The number of amides is 1. The second-order valence-electron chi connectivity index (χ2n) is 11.7. The lowest BCUT2D eigenvalue weighted by Gasteiger charge is -2.30. The number of aryl methyl sites for hydroxylation is 1. The van der Waals surface area contributed by atoms with Crippen LogP contribution in [0.25, 0.3) is 10.8 Å². The van der Waals surface area contributed by atoms with E-state index in [1.165, 1.54) is 49.0 Å². The van der Waals surface area contributed by atoms with Crippen molar-refractivity contribution >= 4 is 26.5 Å². The summed E-state index contributed by atoms with van der Waals surface area (Å²) in [4.78, 5) is 15.9. The first kappa shape index (κ1) is 26.9. The van der Waals surface area contributed by atoms with Gasteiger partial charge in [-0.15, -0.1) is 0 Å². The van der Waals surface area contributed by atoms with Gasteiger partial charge in [0.2, 0.25) is 5.91 Å². The van der Waals surface area contributed by atoms with E-state index in [1.807, 2.05) is 30.3 Å². The van der Waals surface area contributed by atoms with Crippen molar-refractivity contribution < 1.29 is 13.2 Å². The average molecular weight is 533 g/mol. The van der Waals surface area contributed by atoms with E-state index in [4.69, 9.17) is 0 Å². The molecule has 0 spiro atoms. The molecule has 5 rings (SSSR count). The van der Waals surface area contributed by atoms with Crippen molar-refractivity contribution in [1.82, 2.24) is 10.2 Å². The van der Waals surface area contributed by atoms with Crippen molar-refractivity contribution in [2.24, 2.45) is 0 Å². The van der Waals surface area contributed by atoms with Crippen molar-refractivity contribution in [3.05, 3.63) is 77.4 Å². The van der Waals surface area contributed by atoms with Gasteiger partial charge in [0.1, 0.15) is 0 Å². The molecule has 3 aromatic carbocycles. The minimum atomic E-state index is -3.61. The summed E-state index contributed by atoms with van der Waals surface area (Å²) >= 11 is 0. The first-order chi connectivity index (χ1) is 18.2. The van der Waals surface area contributed by atoms with Crippen LogP contribution >= 0.6 is 0 Å². The third-order valence-electron chi connectivity index (χ3n) is 8.42. The molecule has 0 radical (unpaired) electrons. The maximum atomic E-state index is 13.5. The Labute approximate surface area is 227 Å². The van der Waals surface area contributed by atoms with Gasteiger partial charge in [-0.1, -0.05) is 55.0 Å². The Balaban J connectivity index is 1.21.